The van der Waals surface area contributed by atoms with Gasteiger partial charge in [-0.25, -0.2) is 0 Å². The molecule has 0 spiro atoms. The molecule has 2 aromatic heterocycles. The minimum absolute atomic E-state index is 0.458. The molecular weight excluding hydrogens is 492 g/mol. The summed E-state index contributed by atoms with van der Waals surface area (Å²) in [5.74, 6) is 5.32. The van der Waals surface area contributed by atoms with Gasteiger partial charge in [0, 0.05) is 42.8 Å². The Morgan fingerprint density at radius 1 is 1.00 bits per heavy atom. The standard InChI is InChI=1S/C27H33ClN6OS/c1-18-13-19(2)17-34(16-18)25-14-24(33-11-3-4-12-33)30-26(31-25)32-27(36)29-15-22-9-10-23(35-22)20-5-7-21(28)8-6-20/h5-10,14,18-19H,3-4,11-13,15-17H2,1-2H3,(H2,29,30,31,32,36). The van der Waals surface area contributed by atoms with Gasteiger partial charge in [0.2, 0.25) is 5.95 Å². The van der Waals surface area contributed by atoms with Crippen molar-refractivity contribution >= 4 is 46.5 Å². The maximum Gasteiger partial charge on any atom is 0.232 e. The molecule has 2 aliphatic heterocycles. The van der Waals surface area contributed by atoms with Gasteiger partial charge in [0.15, 0.2) is 5.11 Å². The van der Waals surface area contributed by atoms with Crippen LogP contribution in [0.2, 0.25) is 5.02 Å². The average molecular weight is 525 g/mol. The van der Waals surface area contributed by atoms with Crippen molar-refractivity contribution in [1.82, 2.24) is 15.3 Å². The first-order valence-corrected chi connectivity index (χ1v) is 13.5. The number of anilines is 3. The highest BCUT2D eigenvalue weighted by Gasteiger charge is 2.25. The molecule has 0 aliphatic carbocycles. The second kappa shape index (κ2) is 11.0. The number of nitrogens with zero attached hydrogens (tertiary/aromatic N) is 4. The molecule has 9 heteroatoms. The summed E-state index contributed by atoms with van der Waals surface area (Å²) in [6.07, 6.45) is 3.65. The van der Waals surface area contributed by atoms with Gasteiger partial charge < -0.3 is 24.9 Å². The molecule has 2 unspecified atom stereocenters. The van der Waals surface area contributed by atoms with Gasteiger partial charge in [-0.3, -0.25) is 0 Å². The van der Waals surface area contributed by atoms with Crippen LogP contribution in [0.5, 0.6) is 0 Å². The fourth-order valence-electron chi connectivity index (χ4n) is 5.15. The molecule has 0 radical (unpaired) electrons. The van der Waals surface area contributed by atoms with Gasteiger partial charge in [-0.15, -0.1) is 0 Å². The first kappa shape index (κ1) is 24.8. The molecule has 0 amide bonds. The topological polar surface area (TPSA) is 69.5 Å². The SMILES string of the molecule is CC1CC(C)CN(c2cc(N3CCCC3)nc(NC(=S)NCc3ccc(-c4ccc(Cl)cc4)o3)n2)C1. The molecule has 190 valence electrons. The maximum absolute atomic E-state index is 5.99. The van der Waals surface area contributed by atoms with Crippen LogP contribution in [0, 0.1) is 11.8 Å². The number of rotatable bonds is 6. The van der Waals surface area contributed by atoms with Crippen molar-refractivity contribution in [3.63, 3.8) is 0 Å². The zero-order valence-electron chi connectivity index (χ0n) is 20.8. The van der Waals surface area contributed by atoms with Gasteiger partial charge in [0.05, 0.1) is 6.54 Å². The summed E-state index contributed by atoms with van der Waals surface area (Å²) >= 11 is 11.6. The van der Waals surface area contributed by atoms with Gasteiger partial charge in [0.25, 0.3) is 0 Å². The molecule has 7 nitrogen and oxygen atoms in total. The average Bonchev–Trinajstić information content (AvgIpc) is 3.55. The number of halogens is 1. The van der Waals surface area contributed by atoms with E-state index in [4.69, 9.17) is 38.2 Å². The van der Waals surface area contributed by atoms with Crippen LogP contribution in [-0.2, 0) is 6.54 Å². The van der Waals surface area contributed by atoms with Gasteiger partial charge >= 0.3 is 0 Å². The van der Waals surface area contributed by atoms with E-state index in [0.717, 1.165) is 54.9 Å². The van der Waals surface area contributed by atoms with Crippen LogP contribution in [0.15, 0.2) is 46.9 Å². The summed E-state index contributed by atoms with van der Waals surface area (Å²) in [7, 11) is 0. The Hall–Kier alpha value is -2.84. The van der Waals surface area contributed by atoms with E-state index in [2.05, 4.69) is 40.3 Å². The Kier molecular flexibility index (Phi) is 7.62. The normalized spacial score (nSPS) is 20.0. The van der Waals surface area contributed by atoms with Crippen molar-refractivity contribution < 1.29 is 4.42 Å². The predicted octanol–water partition coefficient (Wildman–Crippen LogP) is 5.96. The Bertz CT molecular complexity index is 1180. The van der Waals surface area contributed by atoms with Crippen LogP contribution >= 0.6 is 23.8 Å². The molecule has 2 atom stereocenters. The van der Waals surface area contributed by atoms with Crippen LogP contribution in [0.4, 0.5) is 17.6 Å². The van der Waals surface area contributed by atoms with Crippen molar-refractivity contribution in [2.75, 3.05) is 41.3 Å². The minimum Gasteiger partial charge on any atom is -0.459 e. The lowest BCUT2D eigenvalue weighted by atomic mass is 9.92. The fourth-order valence-corrected chi connectivity index (χ4v) is 5.44. The fraction of sp³-hybridized carbons (Fsp3) is 0.444. The number of benzene rings is 1. The number of nitrogens with one attached hydrogen (secondary N) is 2. The summed E-state index contributed by atoms with van der Waals surface area (Å²) in [5.41, 5.74) is 0.979. The number of hydrogen-bond acceptors (Lipinski definition) is 6. The molecular formula is C27H33ClN6OS. The Balaban J connectivity index is 1.26. The smallest absolute Gasteiger partial charge is 0.232 e. The third-order valence-corrected chi connectivity index (χ3v) is 7.26. The second-order valence-corrected chi connectivity index (χ2v) is 10.9. The molecule has 3 aromatic rings. The highest BCUT2D eigenvalue weighted by atomic mass is 35.5. The van der Waals surface area contributed by atoms with Crippen LogP contribution < -0.4 is 20.4 Å². The summed E-state index contributed by atoms with van der Waals surface area (Å²) < 4.78 is 5.98. The van der Waals surface area contributed by atoms with Crippen molar-refractivity contribution in [1.29, 1.82) is 0 Å². The molecule has 0 saturated carbocycles. The Morgan fingerprint density at radius 2 is 1.67 bits per heavy atom. The van der Waals surface area contributed by atoms with E-state index in [-0.39, 0.29) is 0 Å². The molecule has 2 aliphatic rings. The molecule has 36 heavy (non-hydrogen) atoms. The number of furan rings is 1. The number of thiocarbonyl (C=S) groups is 1. The van der Waals surface area contributed by atoms with Crippen molar-refractivity contribution in [2.45, 2.75) is 39.7 Å². The van der Waals surface area contributed by atoms with E-state index in [1.807, 2.05) is 36.4 Å². The van der Waals surface area contributed by atoms with Crippen molar-refractivity contribution in [3.05, 3.63) is 53.2 Å². The lowest BCUT2D eigenvalue weighted by Crippen LogP contribution is -2.39. The summed E-state index contributed by atoms with van der Waals surface area (Å²) in [4.78, 5) is 14.4. The van der Waals surface area contributed by atoms with Crippen molar-refractivity contribution in [2.24, 2.45) is 11.8 Å². The van der Waals surface area contributed by atoms with Crippen LogP contribution in [-0.4, -0.2) is 41.3 Å². The van der Waals surface area contributed by atoms with E-state index in [0.29, 0.717) is 34.5 Å². The Morgan fingerprint density at radius 3 is 2.36 bits per heavy atom. The quantitative estimate of drug-likeness (QED) is 0.383. The molecule has 2 fully saturated rings. The second-order valence-electron chi connectivity index (χ2n) is 10.0. The zero-order valence-corrected chi connectivity index (χ0v) is 22.4. The summed E-state index contributed by atoms with van der Waals surface area (Å²) in [5, 5.41) is 7.60. The lowest BCUT2D eigenvalue weighted by Gasteiger charge is -2.36. The van der Waals surface area contributed by atoms with Gasteiger partial charge in [-0.2, -0.15) is 9.97 Å². The molecule has 4 heterocycles. The van der Waals surface area contributed by atoms with E-state index in [1.165, 1.54) is 19.3 Å². The third-order valence-electron chi connectivity index (χ3n) is 6.76. The molecule has 5 rings (SSSR count). The summed E-state index contributed by atoms with van der Waals surface area (Å²) in [6, 6.07) is 13.6. The van der Waals surface area contributed by atoms with Crippen LogP contribution in [0.25, 0.3) is 11.3 Å². The van der Waals surface area contributed by atoms with Gasteiger partial charge in [0.1, 0.15) is 23.2 Å². The number of aromatic nitrogens is 2. The lowest BCUT2D eigenvalue weighted by molar-refractivity contribution is 0.355. The third kappa shape index (κ3) is 6.10. The van der Waals surface area contributed by atoms with E-state index in [9.17, 15) is 0 Å². The highest BCUT2D eigenvalue weighted by molar-refractivity contribution is 7.80. The van der Waals surface area contributed by atoms with Gasteiger partial charge in [-0.05, 0) is 79.7 Å². The number of hydrogen-bond donors (Lipinski definition) is 2. The Labute approximate surface area is 223 Å². The first-order valence-electron chi connectivity index (χ1n) is 12.7. The highest BCUT2D eigenvalue weighted by Crippen LogP contribution is 2.29. The van der Waals surface area contributed by atoms with E-state index >= 15 is 0 Å². The first-order chi connectivity index (χ1) is 17.4. The number of piperidine rings is 1. The largest absolute Gasteiger partial charge is 0.459 e. The van der Waals surface area contributed by atoms with Crippen LogP contribution in [0.3, 0.4) is 0 Å². The molecule has 2 N–H and O–H groups in total. The van der Waals surface area contributed by atoms with Crippen molar-refractivity contribution in [3.8, 4) is 11.3 Å². The summed E-state index contributed by atoms with van der Waals surface area (Å²) in [6.45, 7) is 9.17. The van der Waals surface area contributed by atoms with E-state index in [1.54, 1.807) is 0 Å². The maximum atomic E-state index is 5.99. The van der Waals surface area contributed by atoms with Crippen LogP contribution in [0.1, 0.15) is 38.9 Å². The van der Waals surface area contributed by atoms with E-state index < -0.39 is 0 Å². The predicted molar refractivity (Wildman–Crippen MR) is 151 cm³/mol. The van der Waals surface area contributed by atoms with Gasteiger partial charge in [-0.1, -0.05) is 25.4 Å². The monoisotopic (exact) mass is 524 g/mol. The zero-order chi connectivity index (χ0) is 25.1. The molecule has 1 aromatic carbocycles. The molecule has 2 saturated heterocycles. The minimum atomic E-state index is 0.458. The molecule has 0 bridgehead atoms.